The van der Waals surface area contributed by atoms with E-state index in [0.29, 0.717) is 5.69 Å². The van der Waals surface area contributed by atoms with Crippen LogP contribution in [-0.2, 0) is 14.3 Å². The summed E-state index contributed by atoms with van der Waals surface area (Å²) in [6.07, 6.45) is 0. The van der Waals surface area contributed by atoms with Gasteiger partial charge >= 0.3 is 11.9 Å². The first-order chi connectivity index (χ1) is 9.43. The number of carboxylic acid groups (broad SMARTS) is 1. The average Bonchev–Trinajstić information content (AvgIpc) is 2.39. The number of rotatable bonds is 6. The van der Waals surface area contributed by atoms with Gasteiger partial charge in [-0.05, 0) is 19.1 Å². The van der Waals surface area contributed by atoms with Crippen molar-refractivity contribution >= 4 is 35.3 Å². The van der Waals surface area contributed by atoms with Gasteiger partial charge in [0.25, 0.3) is 0 Å². The lowest BCUT2D eigenvalue weighted by Crippen LogP contribution is -2.18. The first kappa shape index (κ1) is 16.0. The third kappa shape index (κ3) is 4.93. The summed E-state index contributed by atoms with van der Waals surface area (Å²) in [5, 5.41) is 11.1. The van der Waals surface area contributed by atoms with Gasteiger partial charge in [0.05, 0.1) is 29.9 Å². The third-order valence-electron chi connectivity index (χ3n) is 2.31. The van der Waals surface area contributed by atoms with E-state index in [1.165, 1.54) is 7.11 Å². The van der Waals surface area contributed by atoms with Gasteiger partial charge < -0.3 is 15.2 Å². The second kappa shape index (κ2) is 7.54. The molecule has 1 rings (SSSR count). The van der Waals surface area contributed by atoms with Gasteiger partial charge in [-0.1, -0.05) is 11.6 Å². The van der Waals surface area contributed by atoms with Gasteiger partial charge in [0.2, 0.25) is 5.91 Å². The van der Waals surface area contributed by atoms with Crippen LogP contribution in [0.1, 0.15) is 15.9 Å². The number of carboxylic acids is 1. The number of carbonyl (C=O) groups is 3. The van der Waals surface area contributed by atoms with E-state index in [1.54, 1.807) is 18.2 Å². The summed E-state index contributed by atoms with van der Waals surface area (Å²) in [7, 11) is 1.26. The first-order valence-electron chi connectivity index (χ1n) is 5.72. The van der Waals surface area contributed by atoms with Crippen LogP contribution in [0.15, 0.2) is 18.2 Å². The fraction of sp³-hybridized carbons (Fsp3) is 0.308. The number of amides is 1. The Morgan fingerprint density at radius 3 is 2.60 bits per heavy atom. The summed E-state index contributed by atoms with van der Waals surface area (Å²) in [5.74, 6) is -2.03. The zero-order chi connectivity index (χ0) is 15.1. The third-order valence-corrected chi connectivity index (χ3v) is 3.23. The van der Waals surface area contributed by atoms with Crippen LogP contribution in [0, 0.1) is 6.92 Å². The van der Waals surface area contributed by atoms with Crippen molar-refractivity contribution in [2.24, 2.45) is 0 Å². The van der Waals surface area contributed by atoms with Crippen LogP contribution in [0.25, 0.3) is 0 Å². The maximum Gasteiger partial charge on any atom is 0.339 e. The molecule has 0 spiro atoms. The van der Waals surface area contributed by atoms with E-state index in [0.717, 1.165) is 17.3 Å². The van der Waals surface area contributed by atoms with Gasteiger partial charge in [0, 0.05) is 0 Å². The van der Waals surface area contributed by atoms with Gasteiger partial charge in [0.1, 0.15) is 0 Å². The summed E-state index contributed by atoms with van der Waals surface area (Å²) in [6, 6.07) is 4.99. The van der Waals surface area contributed by atoms with Gasteiger partial charge in [-0.25, -0.2) is 4.79 Å². The Balaban J connectivity index is 2.74. The molecule has 0 unspecified atom stereocenters. The van der Waals surface area contributed by atoms with Crippen LogP contribution in [0.2, 0.25) is 0 Å². The Morgan fingerprint density at radius 2 is 2.00 bits per heavy atom. The highest BCUT2D eigenvalue weighted by Gasteiger charge is 2.14. The second-order valence-electron chi connectivity index (χ2n) is 3.98. The van der Waals surface area contributed by atoms with E-state index >= 15 is 0 Å². The predicted octanol–water partition coefficient (Wildman–Crippen LogP) is 1.54. The fourth-order valence-corrected chi connectivity index (χ4v) is 2.00. The lowest BCUT2D eigenvalue weighted by Gasteiger charge is -2.10. The topological polar surface area (TPSA) is 92.7 Å². The number of aryl methyl sites for hydroxylation is 1. The molecule has 0 radical (unpaired) electrons. The smallest absolute Gasteiger partial charge is 0.339 e. The van der Waals surface area contributed by atoms with E-state index in [1.807, 2.05) is 6.92 Å². The van der Waals surface area contributed by atoms with Gasteiger partial charge in [-0.2, -0.15) is 0 Å². The summed E-state index contributed by atoms with van der Waals surface area (Å²) in [5.41, 5.74) is 1.48. The highest BCUT2D eigenvalue weighted by atomic mass is 32.2. The molecule has 0 atom stereocenters. The Morgan fingerprint density at radius 1 is 1.30 bits per heavy atom. The van der Waals surface area contributed by atoms with Crippen molar-refractivity contribution in [3.8, 4) is 0 Å². The number of anilines is 1. The van der Waals surface area contributed by atoms with Crippen molar-refractivity contribution in [3.63, 3.8) is 0 Å². The number of methoxy groups -OCH3 is 1. The molecule has 2 N–H and O–H groups in total. The first-order valence-corrected chi connectivity index (χ1v) is 6.88. The molecule has 1 amide bonds. The van der Waals surface area contributed by atoms with Crippen LogP contribution in [0.4, 0.5) is 5.69 Å². The van der Waals surface area contributed by atoms with Crippen molar-refractivity contribution in [3.05, 3.63) is 29.3 Å². The minimum absolute atomic E-state index is 0.000783. The number of esters is 1. The van der Waals surface area contributed by atoms with Crippen LogP contribution in [0.3, 0.4) is 0 Å². The fourth-order valence-electron chi connectivity index (χ4n) is 1.46. The van der Waals surface area contributed by atoms with E-state index in [9.17, 15) is 14.4 Å². The van der Waals surface area contributed by atoms with Crippen molar-refractivity contribution in [1.82, 2.24) is 0 Å². The minimum Gasteiger partial charge on any atom is -0.481 e. The number of carbonyl (C=O) groups excluding carboxylic acids is 2. The molecule has 0 heterocycles. The number of aliphatic carboxylic acids is 1. The molecule has 1 aromatic carbocycles. The predicted molar refractivity (Wildman–Crippen MR) is 76.1 cm³/mol. The normalized spacial score (nSPS) is 9.90. The molecule has 7 heteroatoms. The van der Waals surface area contributed by atoms with E-state index in [4.69, 9.17) is 5.11 Å². The van der Waals surface area contributed by atoms with E-state index in [2.05, 4.69) is 10.1 Å². The number of hydrogen-bond acceptors (Lipinski definition) is 5. The lowest BCUT2D eigenvalue weighted by molar-refractivity contribution is -0.133. The largest absolute Gasteiger partial charge is 0.481 e. The zero-order valence-electron chi connectivity index (χ0n) is 11.1. The average molecular weight is 297 g/mol. The summed E-state index contributed by atoms with van der Waals surface area (Å²) in [4.78, 5) is 33.6. The SMILES string of the molecule is COC(=O)c1cc(C)ccc1NC(=O)CSCC(=O)O. The molecule has 0 saturated heterocycles. The van der Waals surface area contributed by atoms with Gasteiger partial charge in [-0.3, -0.25) is 9.59 Å². The Kier molecular flexibility index (Phi) is 6.05. The molecule has 6 nitrogen and oxygen atoms in total. The maximum absolute atomic E-state index is 11.7. The molecular formula is C13H15NO5S. The minimum atomic E-state index is -0.978. The van der Waals surface area contributed by atoms with Crippen molar-refractivity contribution in [1.29, 1.82) is 0 Å². The highest BCUT2D eigenvalue weighted by Crippen LogP contribution is 2.18. The molecule has 0 bridgehead atoms. The van der Waals surface area contributed by atoms with Crippen LogP contribution in [0.5, 0.6) is 0 Å². The summed E-state index contributed by atoms with van der Waals surface area (Å²) in [6.45, 7) is 1.82. The van der Waals surface area contributed by atoms with E-state index < -0.39 is 11.9 Å². The molecule has 0 aliphatic heterocycles. The van der Waals surface area contributed by atoms with Crippen molar-refractivity contribution in [2.75, 3.05) is 23.9 Å². The zero-order valence-corrected chi connectivity index (χ0v) is 12.0. The quantitative estimate of drug-likeness (QED) is 0.774. The Hall–Kier alpha value is -2.02. The second-order valence-corrected chi connectivity index (χ2v) is 4.96. The summed E-state index contributed by atoms with van der Waals surface area (Å²) < 4.78 is 4.65. The number of thioether (sulfide) groups is 1. The summed E-state index contributed by atoms with van der Waals surface area (Å²) >= 11 is 0.984. The molecule has 0 fully saturated rings. The van der Waals surface area contributed by atoms with Crippen LogP contribution in [-0.4, -0.2) is 41.6 Å². The van der Waals surface area contributed by atoms with E-state index in [-0.39, 0.29) is 23.0 Å². The number of hydrogen-bond donors (Lipinski definition) is 2. The van der Waals surface area contributed by atoms with Gasteiger partial charge in [-0.15, -0.1) is 11.8 Å². The number of ether oxygens (including phenoxy) is 1. The molecule has 0 saturated carbocycles. The lowest BCUT2D eigenvalue weighted by atomic mass is 10.1. The number of nitrogens with one attached hydrogen (secondary N) is 1. The molecule has 1 aromatic rings. The molecule has 0 aromatic heterocycles. The van der Waals surface area contributed by atoms with Crippen LogP contribution < -0.4 is 5.32 Å². The molecule has 20 heavy (non-hydrogen) atoms. The number of benzene rings is 1. The molecule has 0 aliphatic carbocycles. The van der Waals surface area contributed by atoms with Gasteiger partial charge in [0.15, 0.2) is 0 Å². The molecular weight excluding hydrogens is 282 g/mol. The van der Waals surface area contributed by atoms with Crippen molar-refractivity contribution < 1.29 is 24.2 Å². The molecule has 0 aliphatic rings. The van der Waals surface area contributed by atoms with Crippen LogP contribution >= 0.6 is 11.8 Å². The Bertz CT molecular complexity index is 529. The molecule has 108 valence electrons. The Labute approximate surface area is 120 Å². The standard InChI is InChI=1S/C13H15NO5S/c1-8-3-4-10(9(5-8)13(18)19-2)14-11(15)6-20-7-12(16)17/h3-5H,6-7H2,1-2H3,(H,14,15)(H,16,17). The maximum atomic E-state index is 11.7. The monoisotopic (exact) mass is 297 g/mol. The highest BCUT2D eigenvalue weighted by molar-refractivity contribution is 8.00. The van der Waals surface area contributed by atoms with Crippen molar-refractivity contribution in [2.45, 2.75) is 6.92 Å².